The van der Waals surface area contributed by atoms with Crippen molar-refractivity contribution in [1.82, 2.24) is 5.32 Å². The van der Waals surface area contributed by atoms with Crippen molar-refractivity contribution < 1.29 is 9.53 Å². The Morgan fingerprint density at radius 2 is 2.04 bits per heavy atom. The van der Waals surface area contributed by atoms with Crippen molar-refractivity contribution in [2.75, 3.05) is 18.5 Å². The molecule has 0 bridgehead atoms. The number of carbonyl (C=O) groups is 1. The SMILES string of the molecule is CC(CCc1ccccc1)NC(=O)CNc1ccc2c(c1)CCO2. The summed E-state index contributed by atoms with van der Waals surface area (Å²) < 4.78 is 5.49. The Labute approximate surface area is 143 Å². The molecule has 1 unspecified atom stereocenters. The minimum atomic E-state index is 0.0207. The first-order chi connectivity index (χ1) is 11.7. The summed E-state index contributed by atoms with van der Waals surface area (Å²) in [5.41, 5.74) is 3.47. The predicted molar refractivity (Wildman–Crippen MR) is 96.5 cm³/mol. The number of rotatable bonds is 7. The van der Waals surface area contributed by atoms with Gasteiger partial charge in [-0.05, 0) is 49.1 Å². The number of benzene rings is 2. The van der Waals surface area contributed by atoms with Crippen LogP contribution in [0.3, 0.4) is 0 Å². The first-order valence-corrected chi connectivity index (χ1v) is 8.53. The summed E-state index contributed by atoms with van der Waals surface area (Å²) in [5, 5.41) is 6.23. The topological polar surface area (TPSA) is 50.4 Å². The minimum absolute atomic E-state index is 0.0207. The van der Waals surface area contributed by atoms with E-state index in [2.05, 4.69) is 28.8 Å². The van der Waals surface area contributed by atoms with E-state index in [0.29, 0.717) is 0 Å². The van der Waals surface area contributed by atoms with Gasteiger partial charge in [0.15, 0.2) is 0 Å². The van der Waals surface area contributed by atoms with Crippen molar-refractivity contribution in [3.8, 4) is 5.75 Å². The molecule has 2 N–H and O–H groups in total. The standard InChI is InChI=1S/C20H24N2O2/c1-15(7-8-16-5-3-2-4-6-16)22-20(23)14-21-18-9-10-19-17(13-18)11-12-24-19/h2-6,9-10,13,15,21H,7-8,11-12,14H2,1H3,(H,22,23). The van der Waals surface area contributed by atoms with Gasteiger partial charge in [0.05, 0.1) is 13.2 Å². The fourth-order valence-electron chi connectivity index (χ4n) is 2.90. The molecule has 1 heterocycles. The highest BCUT2D eigenvalue weighted by Gasteiger charge is 2.12. The third-order valence-corrected chi connectivity index (χ3v) is 4.26. The van der Waals surface area contributed by atoms with E-state index in [1.807, 2.05) is 37.3 Å². The minimum Gasteiger partial charge on any atom is -0.493 e. The number of anilines is 1. The lowest BCUT2D eigenvalue weighted by molar-refractivity contribution is -0.120. The highest BCUT2D eigenvalue weighted by atomic mass is 16.5. The molecule has 1 amide bonds. The Morgan fingerprint density at radius 3 is 2.88 bits per heavy atom. The maximum absolute atomic E-state index is 12.1. The third kappa shape index (κ3) is 4.51. The quantitative estimate of drug-likeness (QED) is 0.822. The van der Waals surface area contributed by atoms with Gasteiger partial charge in [-0.25, -0.2) is 0 Å². The van der Waals surface area contributed by atoms with Gasteiger partial charge in [-0.15, -0.1) is 0 Å². The molecule has 1 atom stereocenters. The number of carbonyl (C=O) groups excluding carboxylic acids is 1. The lowest BCUT2D eigenvalue weighted by Crippen LogP contribution is -2.36. The van der Waals surface area contributed by atoms with Crippen LogP contribution in [-0.2, 0) is 17.6 Å². The van der Waals surface area contributed by atoms with Gasteiger partial charge in [0.25, 0.3) is 0 Å². The summed E-state index contributed by atoms with van der Waals surface area (Å²) in [6, 6.07) is 16.5. The Bertz CT molecular complexity index is 685. The summed E-state index contributed by atoms with van der Waals surface area (Å²) in [6.45, 7) is 3.08. The van der Waals surface area contributed by atoms with Crippen LogP contribution in [0, 0.1) is 0 Å². The molecule has 0 aliphatic carbocycles. The van der Waals surface area contributed by atoms with Gasteiger partial charge in [-0.3, -0.25) is 4.79 Å². The normalized spacial score (nSPS) is 13.7. The van der Waals surface area contributed by atoms with E-state index in [1.54, 1.807) is 0 Å². The Hall–Kier alpha value is -2.49. The number of fused-ring (bicyclic) bond motifs is 1. The Kier molecular flexibility index (Phi) is 5.36. The number of aryl methyl sites for hydroxylation is 1. The van der Waals surface area contributed by atoms with Crippen LogP contribution in [0.25, 0.3) is 0 Å². The number of hydrogen-bond donors (Lipinski definition) is 2. The average molecular weight is 324 g/mol. The smallest absolute Gasteiger partial charge is 0.239 e. The molecule has 0 fully saturated rings. The molecule has 0 saturated heterocycles. The molecule has 2 aromatic rings. The number of nitrogens with one attached hydrogen (secondary N) is 2. The molecule has 0 radical (unpaired) electrons. The molecular weight excluding hydrogens is 300 g/mol. The zero-order valence-corrected chi connectivity index (χ0v) is 14.0. The zero-order valence-electron chi connectivity index (χ0n) is 14.0. The molecule has 0 saturated carbocycles. The molecule has 4 nitrogen and oxygen atoms in total. The predicted octanol–water partition coefficient (Wildman–Crippen LogP) is 3.17. The molecule has 3 rings (SSSR count). The number of amides is 1. The lowest BCUT2D eigenvalue weighted by Gasteiger charge is -2.15. The van der Waals surface area contributed by atoms with Gasteiger partial charge in [0.2, 0.25) is 5.91 Å². The van der Waals surface area contributed by atoms with Crippen LogP contribution in [0.2, 0.25) is 0 Å². The van der Waals surface area contributed by atoms with Crippen LogP contribution in [0.1, 0.15) is 24.5 Å². The van der Waals surface area contributed by atoms with E-state index < -0.39 is 0 Å². The summed E-state index contributed by atoms with van der Waals surface area (Å²) in [5.74, 6) is 0.979. The van der Waals surface area contributed by atoms with Gasteiger partial charge >= 0.3 is 0 Å². The fourth-order valence-corrected chi connectivity index (χ4v) is 2.90. The van der Waals surface area contributed by atoms with Crippen LogP contribution in [0.5, 0.6) is 5.75 Å². The van der Waals surface area contributed by atoms with E-state index in [9.17, 15) is 4.79 Å². The second-order valence-electron chi connectivity index (χ2n) is 6.27. The highest BCUT2D eigenvalue weighted by Crippen LogP contribution is 2.27. The molecular formula is C20H24N2O2. The Morgan fingerprint density at radius 1 is 1.21 bits per heavy atom. The van der Waals surface area contributed by atoms with E-state index in [4.69, 9.17) is 4.74 Å². The molecule has 0 spiro atoms. The number of hydrogen-bond acceptors (Lipinski definition) is 3. The van der Waals surface area contributed by atoms with Crippen LogP contribution in [0.15, 0.2) is 48.5 Å². The molecule has 2 aromatic carbocycles. The van der Waals surface area contributed by atoms with Crippen LogP contribution in [0.4, 0.5) is 5.69 Å². The molecule has 24 heavy (non-hydrogen) atoms. The molecule has 1 aliphatic rings. The van der Waals surface area contributed by atoms with Crippen LogP contribution >= 0.6 is 0 Å². The fraction of sp³-hybridized carbons (Fsp3) is 0.350. The van der Waals surface area contributed by atoms with Gasteiger partial charge in [0.1, 0.15) is 5.75 Å². The summed E-state index contributed by atoms with van der Waals surface area (Å²) in [4.78, 5) is 12.1. The average Bonchev–Trinajstić information content (AvgIpc) is 3.07. The van der Waals surface area contributed by atoms with Crippen molar-refractivity contribution in [3.63, 3.8) is 0 Å². The second kappa shape index (κ2) is 7.86. The first kappa shape index (κ1) is 16.4. The van der Waals surface area contributed by atoms with Crippen molar-refractivity contribution >= 4 is 11.6 Å². The summed E-state index contributed by atoms with van der Waals surface area (Å²) in [7, 11) is 0. The Balaban J connectivity index is 1.40. The molecule has 1 aliphatic heterocycles. The van der Waals surface area contributed by atoms with Crippen molar-refractivity contribution in [2.45, 2.75) is 32.2 Å². The van der Waals surface area contributed by atoms with Gasteiger partial charge in [-0.2, -0.15) is 0 Å². The number of ether oxygens (including phenoxy) is 1. The van der Waals surface area contributed by atoms with Crippen molar-refractivity contribution in [2.24, 2.45) is 0 Å². The first-order valence-electron chi connectivity index (χ1n) is 8.53. The zero-order chi connectivity index (χ0) is 16.8. The van der Waals surface area contributed by atoms with Crippen molar-refractivity contribution in [3.05, 3.63) is 59.7 Å². The van der Waals surface area contributed by atoms with E-state index in [-0.39, 0.29) is 18.5 Å². The lowest BCUT2D eigenvalue weighted by atomic mass is 10.1. The van der Waals surface area contributed by atoms with Gasteiger partial charge in [0, 0.05) is 18.2 Å². The van der Waals surface area contributed by atoms with E-state index in [0.717, 1.165) is 37.3 Å². The van der Waals surface area contributed by atoms with E-state index >= 15 is 0 Å². The molecule has 0 aromatic heterocycles. The van der Waals surface area contributed by atoms with E-state index in [1.165, 1.54) is 11.1 Å². The van der Waals surface area contributed by atoms with Crippen LogP contribution in [-0.4, -0.2) is 25.1 Å². The highest BCUT2D eigenvalue weighted by molar-refractivity contribution is 5.81. The maximum atomic E-state index is 12.1. The molecule has 126 valence electrons. The van der Waals surface area contributed by atoms with Gasteiger partial charge < -0.3 is 15.4 Å². The summed E-state index contributed by atoms with van der Waals surface area (Å²) in [6.07, 6.45) is 2.85. The molecule has 4 heteroatoms. The third-order valence-electron chi connectivity index (χ3n) is 4.26. The summed E-state index contributed by atoms with van der Waals surface area (Å²) >= 11 is 0. The second-order valence-corrected chi connectivity index (χ2v) is 6.27. The van der Waals surface area contributed by atoms with Crippen molar-refractivity contribution in [1.29, 1.82) is 0 Å². The van der Waals surface area contributed by atoms with Crippen LogP contribution < -0.4 is 15.4 Å². The monoisotopic (exact) mass is 324 g/mol. The largest absolute Gasteiger partial charge is 0.493 e. The van der Waals surface area contributed by atoms with Gasteiger partial charge in [-0.1, -0.05) is 30.3 Å². The maximum Gasteiger partial charge on any atom is 0.239 e.